The molecule has 0 rings (SSSR count). The van der Waals surface area contributed by atoms with Gasteiger partial charge in [-0.15, -0.1) is 0 Å². The quantitative estimate of drug-likeness (QED) is 0.647. The van der Waals surface area contributed by atoms with Gasteiger partial charge in [-0.3, -0.25) is 0 Å². The van der Waals surface area contributed by atoms with E-state index in [0.29, 0.717) is 24.5 Å². The minimum absolute atomic E-state index is 0.125. The predicted molar refractivity (Wildman–Crippen MR) is 75.0 cm³/mol. The van der Waals surface area contributed by atoms with Crippen LogP contribution in [0.25, 0.3) is 0 Å². The van der Waals surface area contributed by atoms with Gasteiger partial charge in [0.05, 0.1) is 4.99 Å². The molecule has 0 aromatic carbocycles. The Morgan fingerprint density at radius 1 is 1.35 bits per heavy atom. The van der Waals surface area contributed by atoms with Gasteiger partial charge in [0.15, 0.2) is 0 Å². The van der Waals surface area contributed by atoms with Gasteiger partial charge in [0.25, 0.3) is 10.2 Å². The van der Waals surface area contributed by atoms with Gasteiger partial charge in [0.2, 0.25) is 0 Å². The number of thiocarbonyl (C=S) groups is 1. The molecule has 0 aliphatic heterocycles. The molecule has 0 heterocycles. The van der Waals surface area contributed by atoms with Gasteiger partial charge in [-0.1, -0.05) is 26.1 Å². The second-order valence-electron chi connectivity index (χ2n) is 4.75. The molecule has 0 aromatic rings. The van der Waals surface area contributed by atoms with Crippen molar-refractivity contribution in [3.05, 3.63) is 0 Å². The Balaban J connectivity index is 4.71. The first-order chi connectivity index (χ1) is 7.65. The van der Waals surface area contributed by atoms with Gasteiger partial charge in [0.1, 0.15) is 0 Å². The van der Waals surface area contributed by atoms with E-state index < -0.39 is 10.2 Å². The highest BCUT2D eigenvalue weighted by atomic mass is 32.2. The molecule has 0 radical (unpaired) electrons. The van der Waals surface area contributed by atoms with Crippen LogP contribution in [-0.2, 0) is 10.2 Å². The minimum atomic E-state index is -3.44. The Labute approximate surface area is 110 Å². The van der Waals surface area contributed by atoms with Crippen molar-refractivity contribution in [3.8, 4) is 0 Å². The number of nitrogens with two attached hydrogens (primary N) is 1. The smallest absolute Gasteiger partial charge is 0.279 e. The third kappa shape index (κ3) is 7.64. The fourth-order valence-corrected chi connectivity index (χ4v) is 2.99. The number of nitrogens with one attached hydrogen (secondary N) is 1. The highest BCUT2D eigenvalue weighted by molar-refractivity contribution is 7.87. The summed E-state index contributed by atoms with van der Waals surface area (Å²) in [5.74, 6) is 0.255. The Morgan fingerprint density at radius 3 is 2.24 bits per heavy atom. The summed E-state index contributed by atoms with van der Waals surface area (Å²) in [6.45, 7) is 8.31. The summed E-state index contributed by atoms with van der Waals surface area (Å²) in [7, 11) is -3.44. The summed E-state index contributed by atoms with van der Waals surface area (Å²) in [4.78, 5) is 0.332. The topological polar surface area (TPSA) is 75.4 Å². The van der Waals surface area contributed by atoms with E-state index in [4.69, 9.17) is 18.0 Å². The molecule has 17 heavy (non-hydrogen) atoms. The highest BCUT2D eigenvalue weighted by Crippen LogP contribution is 2.06. The van der Waals surface area contributed by atoms with Gasteiger partial charge in [-0.25, -0.2) is 0 Å². The predicted octanol–water partition coefficient (Wildman–Crippen LogP) is 0.863. The molecule has 0 amide bonds. The molecule has 0 saturated carbocycles. The summed E-state index contributed by atoms with van der Waals surface area (Å²) in [5.41, 5.74) is 5.41. The summed E-state index contributed by atoms with van der Waals surface area (Å²) in [5, 5.41) is 0. The van der Waals surface area contributed by atoms with Gasteiger partial charge >= 0.3 is 0 Å². The lowest BCUT2D eigenvalue weighted by atomic mass is 10.2. The summed E-state index contributed by atoms with van der Waals surface area (Å²) in [6, 6.07) is -0.125. The van der Waals surface area contributed by atoms with Crippen molar-refractivity contribution in [2.24, 2.45) is 11.7 Å². The number of hydrogen-bond acceptors (Lipinski definition) is 3. The molecule has 102 valence electrons. The summed E-state index contributed by atoms with van der Waals surface area (Å²) < 4.78 is 28.0. The third-order valence-electron chi connectivity index (χ3n) is 1.90. The first kappa shape index (κ1) is 16.8. The van der Waals surface area contributed by atoms with Crippen LogP contribution in [0.2, 0.25) is 0 Å². The second kappa shape index (κ2) is 7.25. The molecule has 0 aliphatic rings. The molecule has 0 atom stereocenters. The molecule has 0 saturated heterocycles. The monoisotopic (exact) mass is 281 g/mol. The second-order valence-corrected chi connectivity index (χ2v) is 6.97. The zero-order chi connectivity index (χ0) is 13.6. The maximum Gasteiger partial charge on any atom is 0.279 e. The van der Waals surface area contributed by atoms with Crippen molar-refractivity contribution >= 4 is 27.4 Å². The minimum Gasteiger partial charge on any atom is -0.393 e. The lowest BCUT2D eigenvalue weighted by molar-refractivity contribution is 0.366. The molecule has 0 unspecified atom stereocenters. The first-order valence-corrected chi connectivity index (χ1v) is 7.55. The zero-order valence-electron chi connectivity index (χ0n) is 10.9. The zero-order valence-corrected chi connectivity index (χ0v) is 12.6. The van der Waals surface area contributed by atoms with Crippen LogP contribution in [0.3, 0.4) is 0 Å². The van der Waals surface area contributed by atoms with Gasteiger partial charge in [-0.2, -0.15) is 17.4 Å². The van der Waals surface area contributed by atoms with E-state index in [1.165, 1.54) is 4.31 Å². The van der Waals surface area contributed by atoms with E-state index in [1.54, 1.807) is 13.8 Å². The van der Waals surface area contributed by atoms with Crippen LogP contribution in [0.1, 0.15) is 34.1 Å². The maximum atomic E-state index is 12.0. The summed E-state index contributed by atoms with van der Waals surface area (Å²) in [6.07, 6.45) is 0.404. The average Bonchev–Trinajstić information content (AvgIpc) is 2.08. The molecule has 0 fully saturated rings. The molecule has 0 spiro atoms. The molecular weight excluding hydrogens is 258 g/mol. The first-order valence-electron chi connectivity index (χ1n) is 5.71. The Hall–Kier alpha value is -0.240. The Morgan fingerprint density at radius 2 is 1.88 bits per heavy atom. The van der Waals surface area contributed by atoms with Crippen molar-refractivity contribution in [1.29, 1.82) is 0 Å². The van der Waals surface area contributed by atoms with Crippen molar-refractivity contribution < 1.29 is 8.42 Å². The van der Waals surface area contributed by atoms with Crippen molar-refractivity contribution in [2.75, 3.05) is 13.1 Å². The fraction of sp³-hybridized carbons (Fsp3) is 0.900. The SMILES string of the molecule is CC(C)CN(CCC(N)=S)S(=O)(=O)NC(C)C. The normalized spacial score (nSPS) is 12.6. The van der Waals surface area contributed by atoms with E-state index in [-0.39, 0.29) is 12.0 Å². The van der Waals surface area contributed by atoms with Crippen LogP contribution in [-0.4, -0.2) is 36.8 Å². The van der Waals surface area contributed by atoms with Crippen LogP contribution in [0.5, 0.6) is 0 Å². The number of nitrogens with zero attached hydrogens (tertiary/aromatic N) is 1. The maximum absolute atomic E-state index is 12.0. The van der Waals surface area contributed by atoms with Gasteiger partial charge in [0, 0.05) is 25.6 Å². The van der Waals surface area contributed by atoms with Crippen molar-refractivity contribution in [2.45, 2.75) is 40.2 Å². The fourth-order valence-electron chi connectivity index (χ4n) is 1.32. The van der Waals surface area contributed by atoms with Gasteiger partial charge < -0.3 is 5.73 Å². The standard InChI is InChI=1S/C10H23N3O2S2/c1-8(2)7-13(6-5-10(11)16)17(14,15)12-9(3)4/h8-9,12H,5-7H2,1-4H3,(H2,11,16). The van der Waals surface area contributed by atoms with Crippen molar-refractivity contribution in [1.82, 2.24) is 9.03 Å². The Kier molecular flexibility index (Phi) is 7.15. The van der Waals surface area contributed by atoms with Crippen LogP contribution >= 0.6 is 12.2 Å². The van der Waals surface area contributed by atoms with E-state index in [9.17, 15) is 8.42 Å². The largest absolute Gasteiger partial charge is 0.393 e. The molecule has 0 aromatic heterocycles. The molecule has 7 heteroatoms. The third-order valence-corrected chi connectivity index (χ3v) is 3.89. The average molecular weight is 281 g/mol. The van der Waals surface area contributed by atoms with Crippen LogP contribution in [0, 0.1) is 5.92 Å². The molecule has 0 bridgehead atoms. The van der Waals surface area contributed by atoms with E-state index in [2.05, 4.69) is 4.72 Å². The number of rotatable bonds is 8. The Bertz CT molecular complexity index is 339. The van der Waals surface area contributed by atoms with Crippen LogP contribution in [0.4, 0.5) is 0 Å². The lowest BCUT2D eigenvalue weighted by Gasteiger charge is -2.25. The molecule has 3 N–H and O–H groups in total. The molecule has 0 aliphatic carbocycles. The van der Waals surface area contributed by atoms with E-state index in [0.717, 1.165) is 0 Å². The van der Waals surface area contributed by atoms with Crippen LogP contribution in [0.15, 0.2) is 0 Å². The number of hydrogen-bond donors (Lipinski definition) is 2. The lowest BCUT2D eigenvalue weighted by Crippen LogP contribution is -2.46. The van der Waals surface area contributed by atoms with E-state index >= 15 is 0 Å². The molecule has 5 nitrogen and oxygen atoms in total. The van der Waals surface area contributed by atoms with E-state index in [1.807, 2.05) is 13.8 Å². The van der Waals surface area contributed by atoms with Crippen LogP contribution < -0.4 is 10.5 Å². The van der Waals surface area contributed by atoms with Gasteiger partial charge in [-0.05, 0) is 19.8 Å². The van der Waals surface area contributed by atoms with Crippen molar-refractivity contribution in [3.63, 3.8) is 0 Å². The summed E-state index contributed by atoms with van der Waals surface area (Å²) >= 11 is 4.77. The highest BCUT2D eigenvalue weighted by Gasteiger charge is 2.23. The molecular formula is C10H23N3O2S2.